The van der Waals surface area contributed by atoms with Crippen LogP contribution in [0.5, 0.6) is 0 Å². The van der Waals surface area contributed by atoms with E-state index in [9.17, 15) is 4.79 Å². The maximum Gasteiger partial charge on any atom is 0.222 e. The number of carbonyl (C=O) groups excluding carboxylic acids is 1. The van der Waals surface area contributed by atoms with Crippen LogP contribution in [-0.2, 0) is 11.3 Å². The highest BCUT2D eigenvalue weighted by Crippen LogP contribution is 2.18. The van der Waals surface area contributed by atoms with E-state index in [2.05, 4.69) is 20.2 Å². The monoisotopic (exact) mass is 263 g/mol. The predicted octanol–water partition coefficient (Wildman–Crippen LogP) is 0.325. The van der Waals surface area contributed by atoms with Gasteiger partial charge in [0.05, 0.1) is 6.54 Å². The summed E-state index contributed by atoms with van der Waals surface area (Å²) < 4.78 is 0. The second-order valence-electron chi connectivity index (χ2n) is 5.02. The molecule has 0 radical (unpaired) electrons. The predicted molar refractivity (Wildman–Crippen MR) is 73.2 cm³/mol. The number of rotatable bonds is 3. The zero-order valence-electron chi connectivity index (χ0n) is 11.5. The van der Waals surface area contributed by atoms with Crippen molar-refractivity contribution in [3.05, 3.63) is 17.6 Å². The Bertz CT molecular complexity index is 434. The molecule has 0 aliphatic carbocycles. The highest BCUT2D eigenvalue weighted by Gasteiger charge is 2.24. The van der Waals surface area contributed by atoms with E-state index in [1.54, 1.807) is 13.1 Å². The SMILES string of the molecule is CNC(=O)C1CCN(Cc2nc(C)cc(N)n2)CC1. The number of nitrogens with two attached hydrogens (primary N) is 1. The van der Waals surface area contributed by atoms with Crippen LogP contribution in [0.25, 0.3) is 0 Å². The molecule has 1 aliphatic heterocycles. The van der Waals surface area contributed by atoms with Gasteiger partial charge in [-0.1, -0.05) is 0 Å². The summed E-state index contributed by atoms with van der Waals surface area (Å²) >= 11 is 0. The van der Waals surface area contributed by atoms with Crippen molar-refractivity contribution in [2.24, 2.45) is 5.92 Å². The van der Waals surface area contributed by atoms with Crippen LogP contribution < -0.4 is 11.1 Å². The van der Waals surface area contributed by atoms with E-state index < -0.39 is 0 Å². The third kappa shape index (κ3) is 3.64. The van der Waals surface area contributed by atoms with Crippen molar-refractivity contribution < 1.29 is 4.79 Å². The first-order valence-electron chi connectivity index (χ1n) is 6.62. The summed E-state index contributed by atoms with van der Waals surface area (Å²) in [6.07, 6.45) is 1.78. The third-order valence-electron chi connectivity index (χ3n) is 3.49. The number of amides is 1. The van der Waals surface area contributed by atoms with Gasteiger partial charge in [-0.15, -0.1) is 0 Å². The average molecular weight is 263 g/mol. The Hall–Kier alpha value is -1.69. The minimum atomic E-state index is 0.143. The summed E-state index contributed by atoms with van der Waals surface area (Å²) in [6.45, 7) is 4.41. The van der Waals surface area contributed by atoms with E-state index in [0.29, 0.717) is 12.4 Å². The van der Waals surface area contributed by atoms with E-state index in [-0.39, 0.29) is 11.8 Å². The average Bonchev–Trinajstić information content (AvgIpc) is 2.37. The molecule has 1 aromatic rings. The molecule has 0 bridgehead atoms. The van der Waals surface area contributed by atoms with Gasteiger partial charge in [0.1, 0.15) is 11.6 Å². The number of aryl methyl sites for hydroxylation is 1. The molecule has 1 amide bonds. The standard InChI is InChI=1S/C13H21N5O/c1-9-7-11(14)17-12(16-9)8-18-5-3-10(4-6-18)13(19)15-2/h7,10H,3-6,8H2,1-2H3,(H,15,19)(H2,14,16,17). The lowest BCUT2D eigenvalue weighted by Crippen LogP contribution is -2.39. The molecule has 104 valence electrons. The summed E-state index contributed by atoms with van der Waals surface area (Å²) in [4.78, 5) is 22.5. The molecule has 1 saturated heterocycles. The highest BCUT2D eigenvalue weighted by molar-refractivity contribution is 5.78. The van der Waals surface area contributed by atoms with Crippen LogP contribution in [0.2, 0.25) is 0 Å². The summed E-state index contributed by atoms with van der Waals surface area (Å²) in [7, 11) is 1.69. The molecule has 1 aromatic heterocycles. The number of nitrogens with one attached hydrogen (secondary N) is 1. The van der Waals surface area contributed by atoms with Gasteiger partial charge in [-0.05, 0) is 32.9 Å². The fourth-order valence-electron chi connectivity index (χ4n) is 2.48. The highest BCUT2D eigenvalue weighted by atomic mass is 16.1. The van der Waals surface area contributed by atoms with Gasteiger partial charge in [-0.25, -0.2) is 9.97 Å². The normalized spacial score (nSPS) is 17.4. The minimum absolute atomic E-state index is 0.143. The van der Waals surface area contributed by atoms with Crippen LogP contribution in [0.3, 0.4) is 0 Å². The van der Waals surface area contributed by atoms with E-state index in [4.69, 9.17) is 5.73 Å². The van der Waals surface area contributed by atoms with Gasteiger partial charge in [-0.3, -0.25) is 9.69 Å². The molecular formula is C13H21N5O. The van der Waals surface area contributed by atoms with E-state index >= 15 is 0 Å². The summed E-state index contributed by atoms with van der Waals surface area (Å²) in [5, 5.41) is 2.72. The van der Waals surface area contributed by atoms with Gasteiger partial charge >= 0.3 is 0 Å². The molecule has 0 atom stereocenters. The smallest absolute Gasteiger partial charge is 0.222 e. The molecular weight excluding hydrogens is 242 g/mol. The maximum absolute atomic E-state index is 11.6. The van der Waals surface area contributed by atoms with Crippen LogP contribution in [0.15, 0.2) is 6.07 Å². The number of aromatic nitrogens is 2. The Balaban J connectivity index is 1.90. The molecule has 6 nitrogen and oxygen atoms in total. The molecule has 2 heterocycles. The second kappa shape index (κ2) is 5.97. The lowest BCUT2D eigenvalue weighted by molar-refractivity contribution is -0.125. The van der Waals surface area contributed by atoms with Crippen molar-refractivity contribution in [1.82, 2.24) is 20.2 Å². The topological polar surface area (TPSA) is 84.1 Å². The van der Waals surface area contributed by atoms with Crippen molar-refractivity contribution in [3.8, 4) is 0 Å². The maximum atomic E-state index is 11.6. The van der Waals surface area contributed by atoms with Gasteiger partial charge in [-0.2, -0.15) is 0 Å². The number of piperidine rings is 1. The van der Waals surface area contributed by atoms with Gasteiger partial charge in [0.25, 0.3) is 0 Å². The minimum Gasteiger partial charge on any atom is -0.384 e. The fourth-order valence-corrected chi connectivity index (χ4v) is 2.48. The zero-order valence-corrected chi connectivity index (χ0v) is 11.5. The quantitative estimate of drug-likeness (QED) is 0.820. The Labute approximate surface area is 113 Å². The van der Waals surface area contributed by atoms with Gasteiger partial charge in [0, 0.05) is 24.7 Å². The molecule has 0 spiro atoms. The number of likely N-dealkylation sites (tertiary alicyclic amines) is 1. The van der Waals surface area contributed by atoms with Crippen molar-refractivity contribution in [1.29, 1.82) is 0 Å². The van der Waals surface area contributed by atoms with E-state index in [1.165, 1.54) is 0 Å². The fraction of sp³-hybridized carbons (Fsp3) is 0.615. The molecule has 19 heavy (non-hydrogen) atoms. The third-order valence-corrected chi connectivity index (χ3v) is 3.49. The van der Waals surface area contributed by atoms with Crippen molar-refractivity contribution in [2.45, 2.75) is 26.3 Å². The molecule has 0 saturated carbocycles. The molecule has 6 heteroatoms. The van der Waals surface area contributed by atoms with Crippen molar-refractivity contribution in [3.63, 3.8) is 0 Å². The van der Waals surface area contributed by atoms with Gasteiger partial charge in [0.15, 0.2) is 0 Å². The summed E-state index contributed by atoms with van der Waals surface area (Å²) in [6, 6.07) is 1.77. The number of anilines is 1. The van der Waals surface area contributed by atoms with E-state index in [0.717, 1.165) is 37.4 Å². The molecule has 2 rings (SSSR count). The number of hydrogen-bond acceptors (Lipinski definition) is 5. The lowest BCUT2D eigenvalue weighted by atomic mass is 9.96. The Morgan fingerprint density at radius 2 is 2.16 bits per heavy atom. The lowest BCUT2D eigenvalue weighted by Gasteiger charge is -2.30. The largest absolute Gasteiger partial charge is 0.384 e. The molecule has 1 aliphatic rings. The molecule has 0 unspecified atom stereocenters. The van der Waals surface area contributed by atoms with Crippen molar-refractivity contribution >= 4 is 11.7 Å². The second-order valence-corrected chi connectivity index (χ2v) is 5.02. The van der Waals surface area contributed by atoms with Crippen molar-refractivity contribution in [2.75, 3.05) is 25.9 Å². The molecule has 0 aromatic carbocycles. The van der Waals surface area contributed by atoms with Gasteiger partial charge in [0.2, 0.25) is 5.91 Å². The van der Waals surface area contributed by atoms with Gasteiger partial charge < -0.3 is 11.1 Å². The van der Waals surface area contributed by atoms with Crippen LogP contribution in [-0.4, -0.2) is 40.9 Å². The Morgan fingerprint density at radius 3 is 2.74 bits per heavy atom. The van der Waals surface area contributed by atoms with Crippen LogP contribution >= 0.6 is 0 Å². The Morgan fingerprint density at radius 1 is 1.47 bits per heavy atom. The van der Waals surface area contributed by atoms with Crippen LogP contribution in [0.1, 0.15) is 24.4 Å². The number of hydrogen-bond donors (Lipinski definition) is 2. The van der Waals surface area contributed by atoms with Crippen LogP contribution in [0.4, 0.5) is 5.82 Å². The zero-order chi connectivity index (χ0) is 13.8. The first-order valence-corrected chi connectivity index (χ1v) is 6.62. The number of nitrogen functional groups attached to an aromatic ring is 1. The van der Waals surface area contributed by atoms with E-state index in [1.807, 2.05) is 6.92 Å². The first kappa shape index (κ1) is 13.7. The summed E-state index contributed by atoms with van der Waals surface area (Å²) in [5.41, 5.74) is 6.61. The van der Waals surface area contributed by atoms with Crippen LogP contribution in [0, 0.1) is 12.8 Å². The number of carbonyl (C=O) groups is 1. The Kier molecular flexibility index (Phi) is 4.31. The number of nitrogens with zero attached hydrogens (tertiary/aromatic N) is 3. The molecule has 3 N–H and O–H groups in total. The summed E-state index contributed by atoms with van der Waals surface area (Å²) in [5.74, 6) is 1.57. The molecule has 1 fully saturated rings. The first-order chi connectivity index (χ1) is 9.08.